The van der Waals surface area contributed by atoms with Crippen molar-refractivity contribution in [2.45, 2.75) is 117 Å². The molecule has 0 N–H and O–H groups in total. The van der Waals surface area contributed by atoms with Crippen molar-refractivity contribution in [3.63, 3.8) is 0 Å². The van der Waals surface area contributed by atoms with Gasteiger partial charge in [-0.1, -0.05) is 104 Å². The molecule has 0 aliphatic carbocycles. The van der Waals surface area contributed by atoms with Crippen molar-refractivity contribution < 1.29 is 14.3 Å². The van der Waals surface area contributed by atoms with E-state index >= 15 is 0 Å². The lowest BCUT2D eigenvalue weighted by atomic mass is 10.1. The summed E-state index contributed by atoms with van der Waals surface area (Å²) in [4.78, 5) is 11.4. The quantitative estimate of drug-likeness (QED) is 0.192. The van der Waals surface area contributed by atoms with Crippen LogP contribution in [-0.4, -0.2) is 19.4 Å². The van der Waals surface area contributed by atoms with Crippen LogP contribution in [0.2, 0.25) is 0 Å². The Labute approximate surface area is 150 Å². The molecule has 3 heteroatoms. The molecule has 0 bridgehead atoms. The zero-order chi connectivity index (χ0) is 17.7. The third-order valence-electron chi connectivity index (χ3n) is 4.44. The number of hydrogen-bond acceptors (Lipinski definition) is 3. The maximum atomic E-state index is 11.4. The van der Waals surface area contributed by atoms with Gasteiger partial charge in [0.1, 0.15) is 0 Å². The van der Waals surface area contributed by atoms with Gasteiger partial charge in [0.25, 0.3) is 0 Å². The summed E-state index contributed by atoms with van der Waals surface area (Å²) in [5.74, 6) is 0. The largest absolute Gasteiger partial charge is 0.508 e. The van der Waals surface area contributed by atoms with E-state index < -0.39 is 6.16 Å². The molecule has 0 atom stereocenters. The van der Waals surface area contributed by atoms with Crippen LogP contribution in [0.4, 0.5) is 4.79 Å². The summed E-state index contributed by atoms with van der Waals surface area (Å²) in [6.45, 7) is 5.49. The molecule has 0 saturated heterocycles. The zero-order valence-corrected chi connectivity index (χ0v) is 16.5. The first-order chi connectivity index (χ1) is 11.8. The van der Waals surface area contributed by atoms with Gasteiger partial charge in [-0.3, -0.25) is 0 Å². The fraction of sp³-hybridized carbons (Fsp3) is 0.952. The van der Waals surface area contributed by atoms with E-state index in [-0.39, 0.29) is 0 Å². The van der Waals surface area contributed by atoms with Crippen LogP contribution in [0.1, 0.15) is 117 Å². The van der Waals surface area contributed by atoms with Gasteiger partial charge in [-0.15, -0.1) is 0 Å². The van der Waals surface area contributed by atoms with Crippen molar-refractivity contribution >= 4 is 6.16 Å². The second-order valence-corrected chi connectivity index (χ2v) is 6.90. The lowest BCUT2D eigenvalue weighted by Crippen LogP contribution is -2.09. The third-order valence-corrected chi connectivity index (χ3v) is 4.44. The highest BCUT2D eigenvalue weighted by atomic mass is 16.7. The minimum Gasteiger partial charge on any atom is -0.434 e. The van der Waals surface area contributed by atoms with Gasteiger partial charge in [0.05, 0.1) is 13.2 Å². The second-order valence-electron chi connectivity index (χ2n) is 6.90. The molecule has 0 aliphatic heterocycles. The molecule has 0 radical (unpaired) electrons. The Balaban J connectivity index is 3.13. The van der Waals surface area contributed by atoms with Crippen LogP contribution in [-0.2, 0) is 9.47 Å². The molecular weight excluding hydrogens is 300 g/mol. The SMILES string of the molecule is CCCCCCCCCCOC(=O)OCCCCCCCCCC. The number of rotatable bonds is 18. The molecule has 3 nitrogen and oxygen atoms in total. The van der Waals surface area contributed by atoms with Crippen molar-refractivity contribution in [3.05, 3.63) is 0 Å². The lowest BCUT2D eigenvalue weighted by molar-refractivity contribution is 0.0529. The summed E-state index contributed by atoms with van der Waals surface area (Å²) in [5.41, 5.74) is 0. The van der Waals surface area contributed by atoms with Crippen molar-refractivity contribution in [2.75, 3.05) is 13.2 Å². The highest BCUT2D eigenvalue weighted by Gasteiger charge is 2.03. The van der Waals surface area contributed by atoms with E-state index in [4.69, 9.17) is 9.47 Å². The Morgan fingerprint density at radius 2 is 0.792 bits per heavy atom. The third kappa shape index (κ3) is 19.3. The van der Waals surface area contributed by atoms with Crippen LogP contribution < -0.4 is 0 Å². The van der Waals surface area contributed by atoms with Crippen molar-refractivity contribution in [2.24, 2.45) is 0 Å². The van der Waals surface area contributed by atoms with Gasteiger partial charge < -0.3 is 9.47 Å². The number of carbonyl (C=O) groups is 1. The predicted octanol–water partition coefficient (Wildman–Crippen LogP) is 7.42. The van der Waals surface area contributed by atoms with Crippen molar-refractivity contribution in [1.82, 2.24) is 0 Å². The molecule has 0 rings (SSSR count). The number of ether oxygens (including phenoxy) is 2. The highest BCUT2D eigenvalue weighted by Crippen LogP contribution is 2.09. The molecule has 0 spiro atoms. The van der Waals surface area contributed by atoms with E-state index in [1.807, 2.05) is 0 Å². The van der Waals surface area contributed by atoms with Gasteiger partial charge in [-0.25, -0.2) is 4.79 Å². The fourth-order valence-electron chi connectivity index (χ4n) is 2.82. The second kappa shape index (κ2) is 20.3. The normalized spacial score (nSPS) is 10.8. The van der Waals surface area contributed by atoms with Crippen LogP contribution in [0.15, 0.2) is 0 Å². The summed E-state index contributed by atoms with van der Waals surface area (Å²) < 4.78 is 10.2. The van der Waals surface area contributed by atoms with Crippen molar-refractivity contribution in [3.8, 4) is 0 Å². The first-order valence-corrected chi connectivity index (χ1v) is 10.6. The average Bonchev–Trinajstić information content (AvgIpc) is 2.59. The molecule has 0 heterocycles. The lowest BCUT2D eigenvalue weighted by Gasteiger charge is -2.06. The van der Waals surface area contributed by atoms with E-state index in [1.54, 1.807) is 0 Å². The minimum absolute atomic E-state index is 0.485. The zero-order valence-electron chi connectivity index (χ0n) is 16.5. The molecule has 0 aliphatic rings. The summed E-state index contributed by atoms with van der Waals surface area (Å²) in [6.07, 6.45) is 19.6. The van der Waals surface area contributed by atoms with E-state index in [2.05, 4.69) is 13.8 Å². The molecule has 0 unspecified atom stereocenters. The predicted molar refractivity (Wildman–Crippen MR) is 103 cm³/mol. The topological polar surface area (TPSA) is 35.5 Å². The van der Waals surface area contributed by atoms with Crippen LogP contribution in [0.25, 0.3) is 0 Å². The molecule has 0 aromatic heterocycles. The standard InChI is InChI=1S/C21H42O3/c1-3-5-7-9-11-13-15-17-19-23-21(22)24-20-18-16-14-12-10-8-6-4-2/h3-20H2,1-2H3. The van der Waals surface area contributed by atoms with E-state index in [9.17, 15) is 4.79 Å². The first-order valence-electron chi connectivity index (χ1n) is 10.6. The molecule has 0 aromatic carbocycles. The molecule has 144 valence electrons. The van der Waals surface area contributed by atoms with E-state index in [1.165, 1.54) is 77.0 Å². The number of carbonyl (C=O) groups excluding carboxylic acids is 1. The van der Waals surface area contributed by atoms with Gasteiger partial charge in [0, 0.05) is 0 Å². The monoisotopic (exact) mass is 342 g/mol. The van der Waals surface area contributed by atoms with Crippen LogP contribution >= 0.6 is 0 Å². The Hall–Kier alpha value is -0.730. The molecule has 0 fully saturated rings. The average molecular weight is 343 g/mol. The molecule has 24 heavy (non-hydrogen) atoms. The Bertz CT molecular complexity index is 229. The van der Waals surface area contributed by atoms with Gasteiger partial charge in [0.15, 0.2) is 0 Å². The van der Waals surface area contributed by atoms with Gasteiger partial charge in [0.2, 0.25) is 0 Å². The first kappa shape index (κ1) is 23.3. The van der Waals surface area contributed by atoms with Crippen LogP contribution in [0.5, 0.6) is 0 Å². The number of hydrogen-bond donors (Lipinski definition) is 0. The smallest absolute Gasteiger partial charge is 0.434 e. The van der Waals surface area contributed by atoms with Gasteiger partial charge in [-0.05, 0) is 12.8 Å². The molecule has 0 saturated carbocycles. The van der Waals surface area contributed by atoms with Crippen LogP contribution in [0, 0.1) is 0 Å². The molecular formula is C21H42O3. The maximum Gasteiger partial charge on any atom is 0.508 e. The Morgan fingerprint density at radius 1 is 0.500 bits per heavy atom. The van der Waals surface area contributed by atoms with Gasteiger partial charge in [-0.2, -0.15) is 0 Å². The van der Waals surface area contributed by atoms with E-state index in [0.717, 1.165) is 25.7 Å². The van der Waals surface area contributed by atoms with Crippen molar-refractivity contribution in [1.29, 1.82) is 0 Å². The fourth-order valence-corrected chi connectivity index (χ4v) is 2.82. The van der Waals surface area contributed by atoms with Gasteiger partial charge >= 0.3 is 6.16 Å². The summed E-state index contributed by atoms with van der Waals surface area (Å²) in [6, 6.07) is 0. The summed E-state index contributed by atoms with van der Waals surface area (Å²) >= 11 is 0. The number of unbranched alkanes of at least 4 members (excludes halogenated alkanes) is 14. The summed E-state index contributed by atoms with van der Waals surface area (Å²) in [7, 11) is 0. The Kier molecular flexibility index (Phi) is 19.7. The van der Waals surface area contributed by atoms with Crippen LogP contribution in [0.3, 0.4) is 0 Å². The minimum atomic E-state index is -0.485. The maximum absolute atomic E-state index is 11.4. The summed E-state index contributed by atoms with van der Waals surface area (Å²) in [5, 5.41) is 0. The van der Waals surface area contributed by atoms with E-state index in [0.29, 0.717) is 13.2 Å². The Morgan fingerprint density at radius 3 is 1.12 bits per heavy atom. The molecule has 0 amide bonds. The highest BCUT2D eigenvalue weighted by molar-refractivity contribution is 5.59. The molecule has 0 aromatic rings.